The number of allylic oxidation sites excluding steroid dienone is 4. The van der Waals surface area contributed by atoms with E-state index in [-0.39, 0.29) is 11.3 Å². The Morgan fingerprint density at radius 2 is 2.05 bits per heavy atom. The number of carboxylic acid groups (broad SMARTS) is 1. The van der Waals surface area contributed by atoms with E-state index in [1.165, 1.54) is 12.3 Å². The van der Waals surface area contributed by atoms with Gasteiger partial charge in [-0.05, 0) is 25.0 Å². The molecule has 0 unspecified atom stereocenters. The predicted octanol–water partition coefficient (Wildman–Crippen LogP) is 1.65. The monoisotopic (exact) mass is 255 g/mol. The van der Waals surface area contributed by atoms with Crippen LogP contribution in [-0.4, -0.2) is 27.6 Å². The number of carboxylic acids is 1. The van der Waals surface area contributed by atoms with Crippen molar-refractivity contribution in [3.8, 4) is 0 Å². The molecule has 0 fully saturated rings. The van der Waals surface area contributed by atoms with Gasteiger partial charge in [0, 0.05) is 17.3 Å². The van der Waals surface area contributed by atoms with E-state index in [1.807, 2.05) is 6.92 Å². The first-order valence-corrected chi connectivity index (χ1v) is 5.72. The number of aromatic nitrogens is 1. The van der Waals surface area contributed by atoms with Gasteiger partial charge < -0.3 is 5.11 Å². The number of fused-ring (bicyclic) bond motifs is 2. The lowest BCUT2D eigenvalue weighted by molar-refractivity contribution is -0.111. The molecular weight excluding hydrogens is 246 g/mol. The van der Waals surface area contributed by atoms with Crippen molar-refractivity contribution >= 4 is 23.1 Å². The maximum Gasteiger partial charge on any atom is 0.336 e. The summed E-state index contributed by atoms with van der Waals surface area (Å²) in [6, 6.07) is 1.35. The zero-order chi connectivity index (χ0) is 13.7. The predicted molar refractivity (Wildman–Crippen MR) is 65.8 cm³/mol. The van der Waals surface area contributed by atoms with Crippen LogP contribution in [0, 0.1) is 0 Å². The highest BCUT2D eigenvalue weighted by Gasteiger charge is 2.37. The zero-order valence-corrected chi connectivity index (χ0v) is 10.1. The molecule has 19 heavy (non-hydrogen) atoms. The molecule has 2 aliphatic rings. The molecule has 0 atom stereocenters. The normalized spacial score (nSPS) is 17.2. The fourth-order valence-electron chi connectivity index (χ4n) is 2.53. The third-order valence-corrected chi connectivity index (χ3v) is 3.32. The number of Topliss-reactive ketones (excluding diaryl/α,β-unsaturated/α-hetero) is 2. The quantitative estimate of drug-likeness (QED) is 0.771. The van der Waals surface area contributed by atoms with Gasteiger partial charge in [0.15, 0.2) is 0 Å². The Morgan fingerprint density at radius 1 is 1.32 bits per heavy atom. The van der Waals surface area contributed by atoms with Crippen LogP contribution in [-0.2, 0) is 4.79 Å². The Morgan fingerprint density at radius 3 is 2.74 bits per heavy atom. The molecular formula is C14H9NO4. The van der Waals surface area contributed by atoms with Gasteiger partial charge in [-0.3, -0.25) is 14.6 Å². The van der Waals surface area contributed by atoms with Crippen molar-refractivity contribution in [1.29, 1.82) is 0 Å². The molecule has 3 rings (SSSR count). The minimum absolute atomic E-state index is 0.0152. The highest BCUT2D eigenvalue weighted by molar-refractivity contribution is 6.53. The van der Waals surface area contributed by atoms with Crippen molar-refractivity contribution in [3.63, 3.8) is 0 Å². The van der Waals surface area contributed by atoms with Crippen molar-refractivity contribution in [2.24, 2.45) is 0 Å². The summed E-state index contributed by atoms with van der Waals surface area (Å²) in [6.45, 7) is 1.84. The maximum atomic E-state index is 12.0. The minimum Gasteiger partial charge on any atom is -0.478 e. The summed E-state index contributed by atoms with van der Waals surface area (Å²) in [5.41, 5.74) is 2.10. The Labute approximate surface area is 108 Å². The molecule has 1 N–H and O–H groups in total. The SMILES string of the molecule is CC1=CC2=C(C1)c1c(C(=O)O)ccnc1C(=O)C2=O. The van der Waals surface area contributed by atoms with Gasteiger partial charge in [0.1, 0.15) is 5.69 Å². The van der Waals surface area contributed by atoms with Crippen LogP contribution in [0.4, 0.5) is 0 Å². The largest absolute Gasteiger partial charge is 0.478 e. The Hall–Kier alpha value is -2.56. The molecule has 1 aromatic rings. The number of carbonyl (C=O) groups excluding carboxylic acids is 2. The van der Waals surface area contributed by atoms with Crippen LogP contribution in [0.15, 0.2) is 29.5 Å². The van der Waals surface area contributed by atoms with Crippen LogP contribution in [0.3, 0.4) is 0 Å². The Bertz CT molecular complexity index is 725. The molecule has 0 bridgehead atoms. The summed E-state index contributed by atoms with van der Waals surface area (Å²) in [5.74, 6) is -2.46. The van der Waals surface area contributed by atoms with E-state index in [0.29, 0.717) is 23.1 Å². The summed E-state index contributed by atoms with van der Waals surface area (Å²) in [4.78, 5) is 39.1. The average Bonchev–Trinajstić information content (AvgIpc) is 2.77. The second-order valence-electron chi connectivity index (χ2n) is 4.61. The number of nitrogens with zero attached hydrogens (tertiary/aromatic N) is 1. The van der Waals surface area contributed by atoms with Crippen LogP contribution in [0.5, 0.6) is 0 Å². The van der Waals surface area contributed by atoms with E-state index in [1.54, 1.807) is 6.08 Å². The van der Waals surface area contributed by atoms with E-state index in [9.17, 15) is 19.5 Å². The van der Waals surface area contributed by atoms with Crippen molar-refractivity contribution in [3.05, 3.63) is 46.3 Å². The smallest absolute Gasteiger partial charge is 0.336 e. The van der Waals surface area contributed by atoms with E-state index < -0.39 is 17.5 Å². The van der Waals surface area contributed by atoms with Gasteiger partial charge in [0.05, 0.1) is 5.56 Å². The average molecular weight is 255 g/mol. The second-order valence-corrected chi connectivity index (χ2v) is 4.61. The Kier molecular flexibility index (Phi) is 2.25. The lowest BCUT2D eigenvalue weighted by atomic mass is 9.85. The third-order valence-electron chi connectivity index (χ3n) is 3.32. The number of aromatic carboxylic acids is 1. The molecule has 5 nitrogen and oxygen atoms in total. The molecule has 1 aromatic heterocycles. The molecule has 0 aliphatic heterocycles. The first-order chi connectivity index (χ1) is 9.00. The van der Waals surface area contributed by atoms with Gasteiger partial charge >= 0.3 is 5.97 Å². The highest BCUT2D eigenvalue weighted by Crippen LogP contribution is 2.40. The molecule has 0 spiro atoms. The van der Waals surface area contributed by atoms with Crippen LogP contribution in [0.25, 0.3) is 5.57 Å². The third kappa shape index (κ3) is 1.48. The van der Waals surface area contributed by atoms with Crippen molar-refractivity contribution < 1.29 is 19.5 Å². The fraction of sp³-hybridized carbons (Fsp3) is 0.143. The molecule has 2 aliphatic carbocycles. The van der Waals surface area contributed by atoms with Gasteiger partial charge in [0.2, 0.25) is 5.78 Å². The summed E-state index contributed by atoms with van der Waals surface area (Å²) < 4.78 is 0. The van der Waals surface area contributed by atoms with Gasteiger partial charge in [-0.15, -0.1) is 0 Å². The van der Waals surface area contributed by atoms with Crippen LogP contribution < -0.4 is 0 Å². The zero-order valence-electron chi connectivity index (χ0n) is 10.1. The van der Waals surface area contributed by atoms with Gasteiger partial charge in [-0.25, -0.2) is 4.79 Å². The van der Waals surface area contributed by atoms with Gasteiger partial charge in [0.25, 0.3) is 5.78 Å². The first kappa shape index (κ1) is 11.5. The molecule has 0 amide bonds. The first-order valence-electron chi connectivity index (χ1n) is 5.72. The summed E-state index contributed by atoms with van der Waals surface area (Å²) in [6.07, 6.45) is 3.37. The number of hydrogen-bond donors (Lipinski definition) is 1. The van der Waals surface area contributed by atoms with E-state index >= 15 is 0 Å². The molecule has 0 radical (unpaired) electrons. The molecule has 94 valence electrons. The summed E-state index contributed by atoms with van der Waals surface area (Å²) >= 11 is 0. The second kappa shape index (κ2) is 3.71. The van der Waals surface area contributed by atoms with Crippen molar-refractivity contribution in [2.75, 3.05) is 0 Å². The van der Waals surface area contributed by atoms with E-state index in [4.69, 9.17) is 0 Å². The number of hydrogen-bond acceptors (Lipinski definition) is 4. The topological polar surface area (TPSA) is 84.3 Å². The molecule has 0 saturated carbocycles. The van der Waals surface area contributed by atoms with Gasteiger partial charge in [-0.2, -0.15) is 0 Å². The summed E-state index contributed by atoms with van der Waals surface area (Å²) in [7, 11) is 0. The molecule has 0 aromatic carbocycles. The number of ketones is 2. The van der Waals surface area contributed by atoms with Gasteiger partial charge in [-0.1, -0.05) is 11.6 Å². The Balaban J connectivity index is 2.36. The molecule has 0 saturated heterocycles. The van der Waals surface area contributed by atoms with E-state index in [2.05, 4.69) is 4.98 Å². The lowest BCUT2D eigenvalue weighted by Gasteiger charge is -2.17. The lowest BCUT2D eigenvalue weighted by Crippen LogP contribution is -2.25. The standard InChI is InChI=1S/C14H9NO4/c1-6-4-8-9(5-6)12(16)13(17)11-10(8)7(14(18)19)2-3-15-11/h2-3,5H,4H2,1H3,(H,18,19). The molecule has 5 heteroatoms. The van der Waals surface area contributed by atoms with Crippen LogP contribution >= 0.6 is 0 Å². The number of rotatable bonds is 1. The molecule has 1 heterocycles. The minimum atomic E-state index is -1.13. The van der Waals surface area contributed by atoms with E-state index in [0.717, 1.165) is 5.57 Å². The highest BCUT2D eigenvalue weighted by atomic mass is 16.4. The van der Waals surface area contributed by atoms with Crippen molar-refractivity contribution in [2.45, 2.75) is 13.3 Å². The number of carbonyl (C=O) groups is 3. The fourth-order valence-corrected chi connectivity index (χ4v) is 2.53. The number of pyridine rings is 1. The van der Waals surface area contributed by atoms with Crippen LogP contribution in [0.2, 0.25) is 0 Å². The maximum absolute atomic E-state index is 12.0. The van der Waals surface area contributed by atoms with Crippen LogP contribution in [0.1, 0.15) is 39.8 Å². The summed E-state index contributed by atoms with van der Waals surface area (Å²) in [5, 5.41) is 9.22. The van der Waals surface area contributed by atoms with Crippen molar-refractivity contribution in [1.82, 2.24) is 4.98 Å².